The fourth-order valence-electron chi connectivity index (χ4n) is 4.93. The van der Waals surface area contributed by atoms with Gasteiger partial charge in [0.15, 0.2) is 0 Å². The number of hydrogen-bond donors (Lipinski definition) is 1. The lowest BCUT2D eigenvalue weighted by Gasteiger charge is -2.35. The summed E-state index contributed by atoms with van der Waals surface area (Å²) in [7, 11) is 2.12. The van der Waals surface area contributed by atoms with Gasteiger partial charge in [-0.15, -0.1) is 0 Å². The molecule has 0 radical (unpaired) electrons. The number of nitrogens with zero attached hydrogens (tertiary/aromatic N) is 3. The van der Waals surface area contributed by atoms with E-state index in [0.717, 1.165) is 31.5 Å². The Kier molecular flexibility index (Phi) is 6.65. The molecular formula is C22H31FN4O3. The van der Waals surface area contributed by atoms with E-state index < -0.39 is 11.8 Å². The molecule has 3 atom stereocenters. The molecule has 0 unspecified atom stereocenters. The Morgan fingerprint density at radius 2 is 1.80 bits per heavy atom. The maximum absolute atomic E-state index is 13.4. The number of carbonyl (C=O) groups excluding carboxylic acids is 2. The number of fused-ring (bicyclic) bond motifs is 2. The highest BCUT2D eigenvalue weighted by Crippen LogP contribution is 2.28. The number of nitrogens with one attached hydrogen (secondary N) is 1. The number of benzene rings is 1. The maximum atomic E-state index is 13.4. The minimum Gasteiger partial charge on any atom is -0.379 e. The van der Waals surface area contributed by atoms with Crippen LogP contribution in [-0.2, 0) is 14.3 Å². The lowest BCUT2D eigenvalue weighted by atomic mass is 10.0. The van der Waals surface area contributed by atoms with Gasteiger partial charge in [0.2, 0.25) is 0 Å². The Balaban J connectivity index is 1.39. The van der Waals surface area contributed by atoms with Crippen molar-refractivity contribution in [3.8, 4) is 0 Å². The summed E-state index contributed by atoms with van der Waals surface area (Å²) in [5.74, 6) is -1.30. The van der Waals surface area contributed by atoms with E-state index in [9.17, 15) is 14.0 Å². The van der Waals surface area contributed by atoms with E-state index >= 15 is 0 Å². The van der Waals surface area contributed by atoms with Crippen molar-refractivity contribution in [3.63, 3.8) is 0 Å². The summed E-state index contributed by atoms with van der Waals surface area (Å²) in [5, 5.41) is 2.85. The van der Waals surface area contributed by atoms with Gasteiger partial charge in [-0.1, -0.05) is 12.1 Å². The molecule has 0 saturated carbocycles. The summed E-state index contributed by atoms with van der Waals surface area (Å²) in [6.45, 7) is 4.24. The van der Waals surface area contributed by atoms with Gasteiger partial charge in [-0.3, -0.25) is 19.4 Å². The van der Waals surface area contributed by atoms with Crippen LogP contribution in [0.2, 0.25) is 0 Å². The predicted molar refractivity (Wildman–Crippen MR) is 110 cm³/mol. The Hall–Kier alpha value is -2.03. The van der Waals surface area contributed by atoms with Crippen LogP contribution in [0.25, 0.3) is 0 Å². The molecule has 7 nitrogen and oxygen atoms in total. The first-order chi connectivity index (χ1) is 14.5. The third-order valence-electron chi connectivity index (χ3n) is 6.83. The molecule has 30 heavy (non-hydrogen) atoms. The molecule has 0 spiro atoms. The van der Waals surface area contributed by atoms with Gasteiger partial charge in [-0.05, 0) is 44.0 Å². The van der Waals surface area contributed by atoms with Crippen LogP contribution >= 0.6 is 0 Å². The number of rotatable bonds is 4. The summed E-state index contributed by atoms with van der Waals surface area (Å²) in [6.07, 6.45) is 3.17. The van der Waals surface area contributed by atoms with Crippen LogP contribution < -0.4 is 5.32 Å². The van der Waals surface area contributed by atoms with Crippen molar-refractivity contribution in [2.45, 2.75) is 37.4 Å². The molecule has 2 bridgehead atoms. The van der Waals surface area contributed by atoms with Crippen LogP contribution in [0.4, 0.5) is 4.39 Å². The first kappa shape index (κ1) is 21.2. The predicted octanol–water partition coefficient (Wildman–Crippen LogP) is 1.01. The normalized spacial score (nSPS) is 26.3. The van der Waals surface area contributed by atoms with E-state index in [1.54, 1.807) is 17.0 Å². The number of halogens is 1. The fourth-order valence-corrected chi connectivity index (χ4v) is 4.93. The van der Waals surface area contributed by atoms with Crippen LogP contribution in [0.5, 0.6) is 0 Å². The van der Waals surface area contributed by atoms with Crippen molar-refractivity contribution in [1.82, 2.24) is 20.0 Å². The van der Waals surface area contributed by atoms with Gasteiger partial charge in [-0.25, -0.2) is 4.39 Å². The number of likely N-dealkylation sites (N-methyl/N-ethyl adjacent to an activating group) is 1. The molecule has 1 N–H and O–H groups in total. The highest BCUT2D eigenvalue weighted by atomic mass is 19.1. The lowest BCUT2D eigenvalue weighted by molar-refractivity contribution is -0.146. The van der Waals surface area contributed by atoms with Crippen molar-refractivity contribution in [2.24, 2.45) is 0 Å². The zero-order valence-electron chi connectivity index (χ0n) is 17.6. The first-order valence-electron chi connectivity index (χ1n) is 10.9. The minimum absolute atomic E-state index is 0.127. The van der Waals surface area contributed by atoms with Crippen LogP contribution in [0.1, 0.15) is 30.9 Å². The van der Waals surface area contributed by atoms with Gasteiger partial charge in [0.05, 0.1) is 19.3 Å². The second-order valence-electron chi connectivity index (χ2n) is 8.52. The summed E-state index contributed by atoms with van der Waals surface area (Å²) in [6, 6.07) is 7.07. The van der Waals surface area contributed by atoms with Crippen molar-refractivity contribution in [1.29, 1.82) is 0 Å². The zero-order valence-corrected chi connectivity index (χ0v) is 17.6. The van der Waals surface area contributed by atoms with E-state index in [4.69, 9.17) is 4.74 Å². The average molecular weight is 419 g/mol. The molecule has 3 heterocycles. The Bertz CT molecular complexity index is 753. The van der Waals surface area contributed by atoms with Crippen LogP contribution in [0.15, 0.2) is 24.3 Å². The average Bonchev–Trinajstić information content (AvgIpc) is 3.01. The van der Waals surface area contributed by atoms with Gasteiger partial charge >= 0.3 is 11.8 Å². The van der Waals surface area contributed by atoms with Crippen LogP contribution in [-0.4, -0.2) is 91.6 Å². The third-order valence-corrected chi connectivity index (χ3v) is 6.83. The number of amides is 2. The second kappa shape index (κ2) is 9.41. The van der Waals surface area contributed by atoms with Crippen LogP contribution in [0, 0.1) is 5.82 Å². The molecule has 8 heteroatoms. The Morgan fingerprint density at radius 1 is 1.10 bits per heavy atom. The minimum atomic E-state index is -0.559. The summed E-state index contributed by atoms with van der Waals surface area (Å²) >= 11 is 0. The molecular weight excluding hydrogens is 387 g/mol. The number of morpholine rings is 1. The number of likely N-dealkylation sites (tertiary alicyclic amines) is 1. The highest BCUT2D eigenvalue weighted by Gasteiger charge is 2.37. The van der Waals surface area contributed by atoms with Gasteiger partial charge in [0.25, 0.3) is 0 Å². The topological polar surface area (TPSA) is 65.1 Å². The summed E-state index contributed by atoms with van der Waals surface area (Å²) < 4.78 is 18.8. The second-order valence-corrected chi connectivity index (χ2v) is 8.52. The third kappa shape index (κ3) is 4.66. The molecule has 1 aromatic carbocycles. The standard InChI is InChI=1S/C22H31FN4O3/c1-25-18-6-7-19(25)15-27(9-8-18)22(29)21(28)24-14-20(26-10-12-30-13-11-26)16-2-4-17(23)5-3-16/h2-5,18-20H,6-15H2,1H3,(H,24,28)/t18-,19-,20+/m0/s1. The highest BCUT2D eigenvalue weighted by molar-refractivity contribution is 6.35. The summed E-state index contributed by atoms with van der Waals surface area (Å²) in [5.41, 5.74) is 0.916. The number of ether oxygens (including phenoxy) is 1. The lowest BCUT2D eigenvalue weighted by Crippen LogP contribution is -2.49. The molecule has 164 valence electrons. The Morgan fingerprint density at radius 3 is 2.53 bits per heavy atom. The van der Waals surface area contributed by atoms with Gasteiger partial charge in [0.1, 0.15) is 5.82 Å². The van der Waals surface area contributed by atoms with E-state index in [-0.39, 0.29) is 11.9 Å². The van der Waals surface area contributed by atoms with Crippen molar-refractivity contribution in [2.75, 3.05) is 53.0 Å². The van der Waals surface area contributed by atoms with Gasteiger partial charge in [-0.2, -0.15) is 0 Å². The first-order valence-corrected chi connectivity index (χ1v) is 10.9. The quantitative estimate of drug-likeness (QED) is 0.740. The maximum Gasteiger partial charge on any atom is 0.311 e. The largest absolute Gasteiger partial charge is 0.379 e. The number of carbonyl (C=O) groups is 2. The van der Waals surface area contributed by atoms with Crippen LogP contribution in [0.3, 0.4) is 0 Å². The van der Waals surface area contributed by atoms with E-state index in [0.29, 0.717) is 44.9 Å². The number of hydrogen-bond acceptors (Lipinski definition) is 5. The molecule has 2 amide bonds. The molecule has 0 aliphatic carbocycles. The van der Waals surface area contributed by atoms with Gasteiger partial charge in [0, 0.05) is 44.8 Å². The molecule has 3 aliphatic rings. The Labute approximate surface area is 177 Å². The summed E-state index contributed by atoms with van der Waals surface area (Å²) in [4.78, 5) is 31.8. The molecule has 3 fully saturated rings. The monoisotopic (exact) mass is 418 g/mol. The van der Waals surface area contributed by atoms with E-state index in [2.05, 4.69) is 22.2 Å². The molecule has 0 aromatic heterocycles. The van der Waals surface area contributed by atoms with E-state index in [1.807, 2.05) is 0 Å². The zero-order chi connectivity index (χ0) is 21.1. The molecule has 3 saturated heterocycles. The van der Waals surface area contributed by atoms with Gasteiger partial charge < -0.3 is 15.0 Å². The fraction of sp³-hybridized carbons (Fsp3) is 0.636. The van der Waals surface area contributed by atoms with Crippen molar-refractivity contribution >= 4 is 11.8 Å². The molecule has 1 aromatic rings. The van der Waals surface area contributed by atoms with Crippen molar-refractivity contribution in [3.05, 3.63) is 35.6 Å². The van der Waals surface area contributed by atoms with E-state index in [1.165, 1.54) is 18.6 Å². The SMILES string of the molecule is CN1[C@H]2CC[C@H]1CN(C(=O)C(=O)NC[C@H](c1ccc(F)cc1)N1CCOCC1)CC2. The molecule has 3 aliphatic heterocycles. The smallest absolute Gasteiger partial charge is 0.311 e. The molecule has 4 rings (SSSR count). The van der Waals surface area contributed by atoms with Crippen molar-refractivity contribution < 1.29 is 18.7 Å².